The molecule has 0 saturated heterocycles. The van der Waals surface area contributed by atoms with E-state index in [1.165, 1.54) is 70.2 Å². The summed E-state index contributed by atoms with van der Waals surface area (Å²) in [5, 5.41) is 17.0. The number of benzene rings is 18. The van der Waals surface area contributed by atoms with Crippen molar-refractivity contribution in [2.75, 3.05) is 0 Å². The number of hydrogen-bond donors (Lipinski definition) is 0. The van der Waals surface area contributed by atoms with Crippen LogP contribution in [0.4, 0.5) is 0 Å². The highest BCUT2D eigenvalue weighted by molar-refractivity contribution is 6.35. The second-order valence-corrected chi connectivity index (χ2v) is 29.5. The first-order valence-electron chi connectivity index (χ1n) is 39.4. The average molecular weight is 1480 g/mol. The van der Waals surface area contributed by atoms with Gasteiger partial charge in [0.2, 0.25) is 0 Å². The molecule has 0 N–H and O–H groups in total. The molecule has 0 atom stereocenters. The summed E-state index contributed by atoms with van der Waals surface area (Å²) in [7, 11) is 0. The zero-order valence-electron chi connectivity index (χ0n) is 63.1. The Bertz CT molecular complexity index is 7120. The Morgan fingerprint density at radius 2 is 0.345 bits per heavy atom. The molecule has 22 aromatic rings. The molecule has 4 heterocycles. The van der Waals surface area contributed by atoms with Crippen molar-refractivity contribution in [3.05, 3.63) is 425 Å². The molecule has 18 aromatic carbocycles. The summed E-state index contributed by atoms with van der Waals surface area (Å²) in [6.07, 6.45) is 0. The molecule has 6 heteroatoms. The number of aromatic nitrogens is 6. The van der Waals surface area contributed by atoms with E-state index in [2.05, 4.69) is 388 Å². The molecule has 540 valence electrons. The van der Waals surface area contributed by atoms with Crippen LogP contribution in [0.2, 0.25) is 0 Å². The highest BCUT2D eigenvalue weighted by Crippen LogP contribution is 2.47. The van der Waals surface area contributed by atoms with Gasteiger partial charge in [-0.05, 0) is 148 Å². The van der Waals surface area contributed by atoms with Crippen LogP contribution in [0.15, 0.2) is 425 Å². The number of para-hydroxylation sites is 2. The van der Waals surface area contributed by atoms with Crippen LogP contribution >= 0.6 is 0 Å². The van der Waals surface area contributed by atoms with Gasteiger partial charge in [-0.3, -0.25) is 0 Å². The Morgan fingerprint density at radius 3 is 0.707 bits per heavy atom. The topological polar surface area (TPSA) is 77.3 Å². The molecule has 0 saturated carbocycles. The van der Waals surface area contributed by atoms with E-state index in [9.17, 15) is 0 Å². The molecule has 4 aromatic heterocycles. The second kappa shape index (κ2) is 29.6. The van der Waals surface area contributed by atoms with Crippen molar-refractivity contribution < 1.29 is 0 Å². The maximum absolute atomic E-state index is 5.42. The number of pyridine rings is 2. The first-order chi connectivity index (χ1) is 57.5. The van der Waals surface area contributed by atoms with Crippen molar-refractivity contribution in [2.45, 2.75) is 0 Å². The Balaban J connectivity index is 0.000000145. The third-order valence-corrected chi connectivity index (χ3v) is 22.5. The van der Waals surface area contributed by atoms with Crippen molar-refractivity contribution >= 4 is 86.4 Å². The Kier molecular flexibility index (Phi) is 17.5. The summed E-state index contributed by atoms with van der Waals surface area (Å²) in [6, 6.07) is 150. The molecule has 0 spiro atoms. The number of fused-ring (bicyclic) bond motifs is 16. The van der Waals surface area contributed by atoms with Crippen molar-refractivity contribution in [1.82, 2.24) is 29.9 Å². The summed E-state index contributed by atoms with van der Waals surface area (Å²) >= 11 is 0. The van der Waals surface area contributed by atoms with Gasteiger partial charge in [0.15, 0.2) is 11.6 Å². The van der Waals surface area contributed by atoms with Crippen molar-refractivity contribution in [3.63, 3.8) is 0 Å². The van der Waals surface area contributed by atoms with Gasteiger partial charge in [-0.15, -0.1) is 0 Å². The molecule has 0 fully saturated rings. The van der Waals surface area contributed by atoms with Gasteiger partial charge < -0.3 is 0 Å². The zero-order chi connectivity index (χ0) is 76.8. The molecule has 0 amide bonds. The molecule has 0 aliphatic rings. The van der Waals surface area contributed by atoms with E-state index in [0.717, 1.165) is 139 Å². The Hall–Kier alpha value is -15.5. The number of hydrogen-bond acceptors (Lipinski definition) is 6. The monoisotopic (exact) mass is 1470 g/mol. The fourth-order valence-electron chi connectivity index (χ4n) is 17.0. The van der Waals surface area contributed by atoms with Crippen LogP contribution in [0.25, 0.3) is 221 Å². The first kappa shape index (κ1) is 68.5. The molecule has 0 aliphatic heterocycles. The first-order valence-corrected chi connectivity index (χ1v) is 39.4. The zero-order valence-corrected chi connectivity index (χ0v) is 63.1. The summed E-state index contributed by atoms with van der Waals surface area (Å²) in [4.78, 5) is 31.5. The number of nitrogens with zero attached hydrogens (tertiary/aromatic N) is 6. The van der Waals surface area contributed by atoms with Gasteiger partial charge >= 0.3 is 0 Å². The maximum atomic E-state index is 5.42. The van der Waals surface area contributed by atoms with Crippen LogP contribution in [0.1, 0.15) is 0 Å². The summed E-state index contributed by atoms with van der Waals surface area (Å²) < 4.78 is 0. The normalized spacial score (nSPS) is 11.4. The van der Waals surface area contributed by atoms with E-state index in [0.29, 0.717) is 11.6 Å². The van der Waals surface area contributed by atoms with Crippen LogP contribution in [-0.4, -0.2) is 29.9 Å². The quantitative estimate of drug-likeness (QED) is 0.113. The van der Waals surface area contributed by atoms with Gasteiger partial charge in [-0.1, -0.05) is 364 Å². The van der Waals surface area contributed by atoms with Gasteiger partial charge in [0.25, 0.3) is 0 Å². The van der Waals surface area contributed by atoms with E-state index < -0.39 is 0 Å². The minimum atomic E-state index is 0.690. The van der Waals surface area contributed by atoms with E-state index in [-0.39, 0.29) is 0 Å². The molecular weight excluding hydrogens is 1410 g/mol. The lowest BCUT2D eigenvalue weighted by Gasteiger charge is -2.16. The molecule has 0 aliphatic carbocycles. The predicted octanol–water partition coefficient (Wildman–Crippen LogP) is 29.0. The smallest absolute Gasteiger partial charge is 0.160 e. The Labute approximate surface area is 671 Å². The molecule has 0 unspecified atom stereocenters. The minimum Gasteiger partial charge on any atom is -0.247 e. The van der Waals surface area contributed by atoms with Crippen LogP contribution in [0.5, 0.6) is 0 Å². The second-order valence-electron chi connectivity index (χ2n) is 29.5. The fourth-order valence-corrected chi connectivity index (χ4v) is 17.0. The van der Waals surface area contributed by atoms with E-state index in [1.807, 2.05) is 36.4 Å². The molecule has 22 rings (SSSR count). The van der Waals surface area contributed by atoms with Gasteiger partial charge in [0, 0.05) is 76.8 Å². The highest BCUT2D eigenvalue weighted by Gasteiger charge is 2.22. The molecular formula is C110H70N6. The summed E-state index contributed by atoms with van der Waals surface area (Å²) in [5.74, 6) is 1.38. The lowest BCUT2D eigenvalue weighted by Crippen LogP contribution is -1.96. The predicted molar refractivity (Wildman–Crippen MR) is 485 cm³/mol. The average Bonchev–Trinajstić information content (AvgIpc) is 0.720. The fraction of sp³-hybridized carbons (Fsp3) is 0. The van der Waals surface area contributed by atoms with Gasteiger partial charge in [0.1, 0.15) is 0 Å². The van der Waals surface area contributed by atoms with Crippen LogP contribution in [0, 0.1) is 0 Å². The van der Waals surface area contributed by atoms with E-state index >= 15 is 0 Å². The maximum Gasteiger partial charge on any atom is 0.160 e. The van der Waals surface area contributed by atoms with Gasteiger partial charge in [-0.25, -0.2) is 29.9 Å². The van der Waals surface area contributed by atoms with E-state index in [4.69, 9.17) is 29.9 Å². The van der Waals surface area contributed by atoms with E-state index in [1.54, 1.807) is 0 Å². The van der Waals surface area contributed by atoms with Gasteiger partial charge in [-0.2, -0.15) is 0 Å². The lowest BCUT2D eigenvalue weighted by atomic mass is 9.89. The minimum absolute atomic E-state index is 0.690. The third kappa shape index (κ3) is 12.8. The SMILES string of the molecule is c1ccc(-c2cccc(-c3cc(-c4cccc(-c5cccc(-c6nc7ccccc7c7c8ccccc8c8ccccc8c67)c5)c4)nc(-c4ccccc4)n3)c2)cc1.c1ccc(-c2cccc(-c3nc(-c4ccccc4)cc(-c4cccc(-c5cccc(-c6nc7ccccc7c7c8ccccc8c8ccccc8c67)c5)c4)n3)c2)cc1. The van der Waals surface area contributed by atoms with Crippen LogP contribution in [0.3, 0.4) is 0 Å². The molecule has 116 heavy (non-hydrogen) atoms. The molecule has 0 radical (unpaired) electrons. The Morgan fingerprint density at radius 1 is 0.121 bits per heavy atom. The highest BCUT2D eigenvalue weighted by atomic mass is 14.9. The summed E-state index contributed by atoms with van der Waals surface area (Å²) in [5.41, 5.74) is 24.7. The van der Waals surface area contributed by atoms with Crippen molar-refractivity contribution in [3.8, 4) is 135 Å². The van der Waals surface area contributed by atoms with Crippen LogP contribution in [-0.2, 0) is 0 Å². The lowest BCUT2D eigenvalue weighted by molar-refractivity contribution is 1.18. The summed E-state index contributed by atoms with van der Waals surface area (Å²) in [6.45, 7) is 0. The van der Waals surface area contributed by atoms with Crippen LogP contribution < -0.4 is 0 Å². The van der Waals surface area contributed by atoms with Gasteiger partial charge in [0.05, 0.1) is 45.2 Å². The standard InChI is InChI=1S/2C55H35N3/c1-3-16-36(17-4-1)38-20-15-25-43(34-38)55-57-50(37-18-5-2-6-19-37)35-51(58-55)41-23-13-21-39(32-41)40-22-14-24-42(33-40)54-53-47-29-10-8-27-45(47)44-26-7-9-28-46(44)52(53)48-30-11-12-31-49(48)56-54;1-3-16-36(17-4-1)38-20-13-23-41(32-38)50-35-51(58-55(57-50)37-18-5-2-6-19-37)42-24-14-21-39(33-42)40-22-15-25-43(34-40)54-53-47-29-10-8-27-45(47)44-26-7-9-28-46(44)52(53)48-30-11-12-31-49(48)56-54/h2*1-35H. The molecule has 6 nitrogen and oxygen atoms in total. The third-order valence-electron chi connectivity index (χ3n) is 22.5. The largest absolute Gasteiger partial charge is 0.247 e. The van der Waals surface area contributed by atoms with Crippen molar-refractivity contribution in [2.24, 2.45) is 0 Å². The number of rotatable bonds is 12. The molecule has 0 bridgehead atoms. The van der Waals surface area contributed by atoms with Crippen molar-refractivity contribution in [1.29, 1.82) is 0 Å².